The van der Waals surface area contributed by atoms with Crippen LogP contribution in [0.3, 0.4) is 0 Å². The standard InChI is InChI=1S/C22H24N2O3/c1-15-19-13-18(26-2)7-8-20(19)27-21(15)22(25)23-10-12-24-11-9-16-5-3-4-6-17(16)14-24/h3-8,13H,9-12,14H2,1-2H3,(H,23,25). The number of carbonyl (C=O) groups is 1. The molecule has 0 bridgehead atoms. The van der Waals surface area contributed by atoms with E-state index in [9.17, 15) is 4.79 Å². The molecule has 4 rings (SSSR count). The van der Waals surface area contributed by atoms with E-state index in [1.54, 1.807) is 7.11 Å². The number of fused-ring (bicyclic) bond motifs is 2. The number of nitrogens with one attached hydrogen (secondary N) is 1. The Morgan fingerprint density at radius 2 is 2.04 bits per heavy atom. The third-order valence-corrected chi connectivity index (χ3v) is 5.27. The average Bonchev–Trinajstić information content (AvgIpc) is 3.04. The Morgan fingerprint density at radius 1 is 1.22 bits per heavy atom. The molecule has 2 heterocycles. The van der Waals surface area contributed by atoms with Crippen molar-refractivity contribution in [1.82, 2.24) is 10.2 Å². The minimum atomic E-state index is -0.167. The summed E-state index contributed by atoms with van der Waals surface area (Å²) in [4.78, 5) is 14.9. The Labute approximate surface area is 158 Å². The first-order valence-electron chi connectivity index (χ1n) is 9.30. The van der Waals surface area contributed by atoms with E-state index in [4.69, 9.17) is 9.15 Å². The number of rotatable bonds is 5. The van der Waals surface area contributed by atoms with Gasteiger partial charge in [0.15, 0.2) is 5.76 Å². The van der Waals surface area contributed by atoms with Gasteiger partial charge in [-0.25, -0.2) is 0 Å². The lowest BCUT2D eigenvalue weighted by atomic mass is 10.00. The number of benzene rings is 2. The Hall–Kier alpha value is -2.79. The molecule has 1 aliphatic heterocycles. The number of furan rings is 1. The van der Waals surface area contributed by atoms with E-state index in [1.165, 1.54) is 11.1 Å². The largest absolute Gasteiger partial charge is 0.497 e. The minimum absolute atomic E-state index is 0.167. The highest BCUT2D eigenvalue weighted by Gasteiger charge is 2.19. The highest BCUT2D eigenvalue weighted by Crippen LogP contribution is 2.28. The van der Waals surface area contributed by atoms with Crippen LogP contribution in [0.4, 0.5) is 0 Å². The maximum absolute atomic E-state index is 12.6. The molecule has 1 aromatic heterocycles. The molecule has 0 fully saturated rings. The summed E-state index contributed by atoms with van der Waals surface area (Å²) in [5, 5.41) is 3.90. The monoisotopic (exact) mass is 364 g/mol. The van der Waals surface area contributed by atoms with Gasteiger partial charge in [-0.3, -0.25) is 9.69 Å². The molecule has 140 valence electrons. The van der Waals surface area contributed by atoms with Crippen molar-refractivity contribution in [1.29, 1.82) is 0 Å². The third kappa shape index (κ3) is 3.55. The van der Waals surface area contributed by atoms with Gasteiger partial charge in [0.2, 0.25) is 0 Å². The summed E-state index contributed by atoms with van der Waals surface area (Å²) in [6.45, 7) is 5.29. The molecule has 1 amide bonds. The number of carbonyl (C=O) groups excluding carboxylic acids is 1. The van der Waals surface area contributed by atoms with Gasteiger partial charge >= 0.3 is 0 Å². The van der Waals surface area contributed by atoms with Gasteiger partial charge in [0, 0.05) is 37.1 Å². The second kappa shape index (κ2) is 7.45. The number of hydrogen-bond donors (Lipinski definition) is 1. The maximum Gasteiger partial charge on any atom is 0.287 e. The lowest BCUT2D eigenvalue weighted by Gasteiger charge is -2.28. The zero-order valence-corrected chi connectivity index (χ0v) is 15.7. The predicted octanol–water partition coefficient (Wildman–Crippen LogP) is 3.54. The van der Waals surface area contributed by atoms with Crippen molar-refractivity contribution in [3.8, 4) is 5.75 Å². The molecule has 0 unspecified atom stereocenters. The summed E-state index contributed by atoms with van der Waals surface area (Å²) < 4.78 is 11.0. The van der Waals surface area contributed by atoms with Crippen LogP contribution >= 0.6 is 0 Å². The first-order chi connectivity index (χ1) is 13.2. The number of aryl methyl sites for hydroxylation is 1. The molecule has 3 aromatic rings. The SMILES string of the molecule is COc1ccc2oc(C(=O)NCCN3CCc4ccccc4C3)c(C)c2c1. The smallest absolute Gasteiger partial charge is 0.287 e. The van der Waals surface area contributed by atoms with Gasteiger partial charge in [-0.1, -0.05) is 24.3 Å². The first-order valence-corrected chi connectivity index (χ1v) is 9.30. The number of hydrogen-bond acceptors (Lipinski definition) is 4. The van der Waals surface area contributed by atoms with Crippen molar-refractivity contribution in [2.45, 2.75) is 19.9 Å². The van der Waals surface area contributed by atoms with Crippen LogP contribution in [0.15, 0.2) is 46.9 Å². The summed E-state index contributed by atoms with van der Waals surface area (Å²) in [6.07, 6.45) is 1.06. The molecule has 27 heavy (non-hydrogen) atoms. The fourth-order valence-electron chi connectivity index (χ4n) is 3.70. The van der Waals surface area contributed by atoms with Crippen LogP contribution in [0.2, 0.25) is 0 Å². The van der Waals surface area contributed by atoms with E-state index in [2.05, 4.69) is 34.5 Å². The molecule has 0 saturated carbocycles. The van der Waals surface area contributed by atoms with Gasteiger partial charge in [0.05, 0.1) is 7.11 Å². The highest BCUT2D eigenvalue weighted by atomic mass is 16.5. The Morgan fingerprint density at radius 3 is 2.85 bits per heavy atom. The van der Waals surface area contributed by atoms with Gasteiger partial charge in [-0.15, -0.1) is 0 Å². The second-order valence-electron chi connectivity index (χ2n) is 6.97. The van der Waals surface area contributed by atoms with E-state index in [-0.39, 0.29) is 5.91 Å². The molecule has 0 radical (unpaired) electrons. The van der Waals surface area contributed by atoms with Gasteiger partial charge in [0.1, 0.15) is 11.3 Å². The molecule has 1 aliphatic rings. The maximum atomic E-state index is 12.6. The summed E-state index contributed by atoms with van der Waals surface area (Å²) in [6, 6.07) is 14.1. The van der Waals surface area contributed by atoms with E-state index in [0.29, 0.717) is 17.9 Å². The zero-order chi connectivity index (χ0) is 18.8. The van der Waals surface area contributed by atoms with Gasteiger partial charge in [-0.2, -0.15) is 0 Å². The molecule has 2 aromatic carbocycles. The van der Waals surface area contributed by atoms with Crippen molar-refractivity contribution in [3.05, 3.63) is 64.9 Å². The van der Waals surface area contributed by atoms with Crippen molar-refractivity contribution >= 4 is 16.9 Å². The number of ether oxygens (including phenoxy) is 1. The van der Waals surface area contributed by atoms with Crippen molar-refractivity contribution in [2.24, 2.45) is 0 Å². The van der Waals surface area contributed by atoms with Gasteiger partial charge < -0.3 is 14.5 Å². The molecule has 0 atom stereocenters. The zero-order valence-electron chi connectivity index (χ0n) is 15.7. The van der Waals surface area contributed by atoms with Crippen LogP contribution < -0.4 is 10.1 Å². The Bertz CT molecular complexity index is 977. The fourth-order valence-corrected chi connectivity index (χ4v) is 3.70. The average molecular weight is 364 g/mol. The minimum Gasteiger partial charge on any atom is -0.497 e. The van der Waals surface area contributed by atoms with Crippen molar-refractivity contribution < 1.29 is 13.9 Å². The van der Waals surface area contributed by atoms with Crippen molar-refractivity contribution in [2.75, 3.05) is 26.7 Å². The Balaban J connectivity index is 1.37. The number of nitrogens with zero attached hydrogens (tertiary/aromatic N) is 1. The molecule has 5 nitrogen and oxygen atoms in total. The fraction of sp³-hybridized carbons (Fsp3) is 0.318. The predicted molar refractivity (Wildman–Crippen MR) is 105 cm³/mol. The van der Waals surface area contributed by atoms with E-state index >= 15 is 0 Å². The summed E-state index contributed by atoms with van der Waals surface area (Å²) >= 11 is 0. The molecule has 5 heteroatoms. The molecule has 0 saturated heterocycles. The van der Waals surface area contributed by atoms with Crippen LogP contribution in [0, 0.1) is 6.92 Å². The highest BCUT2D eigenvalue weighted by molar-refractivity contribution is 5.99. The van der Waals surface area contributed by atoms with Crippen LogP contribution in [0.5, 0.6) is 5.75 Å². The quantitative estimate of drug-likeness (QED) is 0.752. The topological polar surface area (TPSA) is 54.7 Å². The third-order valence-electron chi connectivity index (χ3n) is 5.27. The molecule has 0 spiro atoms. The molecule has 0 aliphatic carbocycles. The lowest BCUT2D eigenvalue weighted by molar-refractivity contribution is 0.0921. The van der Waals surface area contributed by atoms with E-state index < -0.39 is 0 Å². The van der Waals surface area contributed by atoms with E-state index in [1.807, 2.05) is 25.1 Å². The van der Waals surface area contributed by atoms with Crippen LogP contribution in [0.25, 0.3) is 11.0 Å². The van der Waals surface area contributed by atoms with Gasteiger partial charge in [-0.05, 0) is 42.7 Å². The second-order valence-corrected chi connectivity index (χ2v) is 6.97. The number of methoxy groups -OCH3 is 1. The molecular weight excluding hydrogens is 340 g/mol. The summed E-state index contributed by atoms with van der Waals surface area (Å²) in [7, 11) is 1.63. The van der Waals surface area contributed by atoms with Gasteiger partial charge in [0.25, 0.3) is 5.91 Å². The number of amides is 1. The molecular formula is C22H24N2O3. The Kier molecular flexibility index (Phi) is 4.86. The molecule has 1 N–H and O–H groups in total. The van der Waals surface area contributed by atoms with E-state index in [0.717, 1.165) is 42.8 Å². The van der Waals surface area contributed by atoms with Crippen LogP contribution in [0.1, 0.15) is 27.2 Å². The lowest BCUT2D eigenvalue weighted by Crippen LogP contribution is -2.37. The van der Waals surface area contributed by atoms with Crippen LogP contribution in [-0.2, 0) is 13.0 Å². The van der Waals surface area contributed by atoms with Crippen molar-refractivity contribution in [3.63, 3.8) is 0 Å². The van der Waals surface area contributed by atoms with Crippen LogP contribution in [-0.4, -0.2) is 37.6 Å². The first kappa shape index (κ1) is 17.6. The normalized spacial score (nSPS) is 14.1. The summed E-state index contributed by atoms with van der Waals surface area (Å²) in [5.41, 5.74) is 4.36. The summed E-state index contributed by atoms with van der Waals surface area (Å²) in [5.74, 6) is 0.964.